The van der Waals surface area contributed by atoms with E-state index in [1.807, 2.05) is 72.8 Å². The van der Waals surface area contributed by atoms with Crippen LogP contribution in [0.15, 0.2) is 122 Å². The van der Waals surface area contributed by atoms with Gasteiger partial charge in [-0.15, -0.1) is 0 Å². The molecule has 0 aliphatic carbocycles. The molecule has 0 aromatic carbocycles. The first-order chi connectivity index (χ1) is 16.0. The summed E-state index contributed by atoms with van der Waals surface area (Å²) < 4.78 is 66.3. The van der Waals surface area contributed by atoms with Gasteiger partial charge in [-0.1, -0.05) is 24.3 Å². The predicted molar refractivity (Wildman–Crippen MR) is 104 cm³/mol. The van der Waals surface area contributed by atoms with E-state index >= 15 is 0 Å². The molecule has 0 bridgehead atoms. The molecule has 15 heteroatoms. The fourth-order valence-electron chi connectivity index (χ4n) is 1.25. The molecule has 4 aromatic rings. The number of hydrogen-bond donors (Lipinski definition) is 2. The zero-order valence-corrected chi connectivity index (χ0v) is 21.4. The van der Waals surface area contributed by atoms with Gasteiger partial charge in [-0.25, -0.2) is 0 Å². The molecular weight excluding hydrogens is 587 g/mol. The second-order valence-corrected chi connectivity index (χ2v) is 7.63. The van der Waals surface area contributed by atoms with Crippen LogP contribution in [0.2, 0.25) is 0 Å². The molecule has 2 N–H and O–H groups in total. The summed E-state index contributed by atoms with van der Waals surface area (Å²) in [7, 11) is 0. The van der Waals surface area contributed by atoms with Crippen molar-refractivity contribution < 1.29 is 75.9 Å². The van der Waals surface area contributed by atoms with Crippen molar-refractivity contribution in [1.29, 1.82) is 0 Å². The van der Waals surface area contributed by atoms with Crippen LogP contribution in [0.4, 0.5) is 0 Å². The molecule has 4 rings (SSSR count). The predicted octanol–water partition coefficient (Wildman–Crippen LogP) is 0.352. The summed E-state index contributed by atoms with van der Waals surface area (Å²) in [6.45, 7) is 0. The molecule has 191 valence electrons. The fourth-order valence-corrected chi connectivity index (χ4v) is 1.25. The van der Waals surface area contributed by atoms with Crippen molar-refractivity contribution in [2.24, 2.45) is 0 Å². The molecule has 0 saturated carbocycles. The molecule has 0 atom stereocenters. The molecule has 0 amide bonds. The first-order valence-electron chi connectivity index (χ1n) is 8.76. The Hall–Kier alpha value is -2.79. The van der Waals surface area contributed by atoms with Gasteiger partial charge in [-0.2, -0.15) is 0 Å². The number of hydrogen-bond acceptors (Lipinski definition) is 10. The molecule has 0 aliphatic heterocycles. The Kier molecular flexibility index (Phi) is 27.1. The second kappa shape index (κ2) is 25.8. The minimum atomic E-state index is -5.50. The van der Waals surface area contributed by atoms with Crippen LogP contribution < -0.4 is 8.32 Å². The van der Waals surface area contributed by atoms with Crippen LogP contribution >= 0.6 is 0 Å². The van der Waals surface area contributed by atoms with Gasteiger partial charge < -0.3 is 0 Å². The van der Waals surface area contributed by atoms with Crippen molar-refractivity contribution in [2.45, 2.75) is 0 Å². The molecule has 12 nitrogen and oxygen atoms in total. The summed E-state index contributed by atoms with van der Waals surface area (Å²) in [5, 5.41) is 0. The Bertz CT molecular complexity index is 838. The SMILES string of the molecule is [Co+2].[O]=[Cr](=[O])([O-])[OH].[O]=[Cr](=[O])([O-])[OH].c1ccncc1.c1ccncc1.c1ccncc1.c1ccncc1. The standard InChI is InChI=1S/4C5H5N.Co.2Cr.2H2O.6O/c4*1-2-4-6-5-3-1;;;;;;;;;;;/h4*1-5H;;;;2*1H2;;;;;;/q;;;;+2;2*+1;;;;;;;2*-1/p-2. The molecule has 35 heavy (non-hydrogen) atoms. The average Bonchev–Trinajstić information content (AvgIpc) is 2.83. The van der Waals surface area contributed by atoms with Crippen LogP contribution in [0, 0.1) is 0 Å². The fraction of sp³-hybridized carbons (Fsp3) is 0. The molecule has 4 heterocycles. The first-order valence-corrected chi connectivity index (χ1v) is 13.0. The van der Waals surface area contributed by atoms with E-state index in [4.69, 9.17) is 31.8 Å². The Balaban J connectivity index is -0.000000350. The maximum atomic E-state index is 8.70. The van der Waals surface area contributed by atoms with Gasteiger partial charge in [-0.05, 0) is 48.5 Å². The number of aromatic nitrogens is 4. The van der Waals surface area contributed by atoms with Crippen molar-refractivity contribution in [1.82, 2.24) is 19.9 Å². The Labute approximate surface area is 217 Å². The van der Waals surface area contributed by atoms with Gasteiger partial charge in [0, 0.05) is 49.6 Å². The molecule has 0 unspecified atom stereocenters. The molecular formula is C20H22CoCr2N4O8. The van der Waals surface area contributed by atoms with Crippen LogP contribution in [0.3, 0.4) is 0 Å². The van der Waals surface area contributed by atoms with Gasteiger partial charge in [0.05, 0.1) is 0 Å². The monoisotopic (exact) mass is 609 g/mol. The summed E-state index contributed by atoms with van der Waals surface area (Å²) in [5.74, 6) is 0. The van der Waals surface area contributed by atoms with Crippen LogP contribution in [0.5, 0.6) is 0 Å². The van der Waals surface area contributed by atoms with Crippen LogP contribution in [0.1, 0.15) is 0 Å². The zero-order chi connectivity index (χ0) is 26.0. The van der Waals surface area contributed by atoms with Gasteiger partial charge in [0.15, 0.2) is 0 Å². The molecule has 0 spiro atoms. The molecule has 0 fully saturated rings. The third-order valence-corrected chi connectivity index (χ3v) is 2.27. The smallest absolute Gasteiger partial charge is 0.0267 e. The second-order valence-electron chi connectivity index (χ2n) is 4.95. The number of pyridine rings is 4. The van der Waals surface area contributed by atoms with E-state index in [1.54, 1.807) is 49.6 Å². The summed E-state index contributed by atoms with van der Waals surface area (Å²) in [4.78, 5) is 15.1. The quantitative estimate of drug-likeness (QED) is 0.277. The molecule has 1 radical (unpaired) electrons. The van der Waals surface area contributed by atoms with Gasteiger partial charge in [0.25, 0.3) is 0 Å². The van der Waals surface area contributed by atoms with E-state index in [9.17, 15) is 0 Å². The van der Waals surface area contributed by atoms with Crippen LogP contribution in [0.25, 0.3) is 0 Å². The van der Waals surface area contributed by atoms with Crippen LogP contribution in [-0.4, -0.2) is 28.3 Å². The number of rotatable bonds is 0. The minimum Gasteiger partial charge on any atom is -0.265 e. The van der Waals surface area contributed by atoms with Crippen molar-refractivity contribution in [2.75, 3.05) is 0 Å². The van der Waals surface area contributed by atoms with Crippen LogP contribution in [-0.2, 0) is 59.2 Å². The van der Waals surface area contributed by atoms with Gasteiger partial charge in [-0.3, -0.25) is 19.9 Å². The summed E-state index contributed by atoms with van der Waals surface area (Å²) in [6, 6.07) is 22.9. The normalized spacial score (nSPS) is 8.80. The maximum absolute atomic E-state index is 8.70. The average molecular weight is 609 g/mol. The van der Waals surface area contributed by atoms with Crippen molar-refractivity contribution in [3.63, 3.8) is 0 Å². The third-order valence-electron chi connectivity index (χ3n) is 2.27. The summed E-state index contributed by atoms with van der Waals surface area (Å²) in [5.41, 5.74) is 0. The van der Waals surface area contributed by atoms with E-state index in [2.05, 4.69) is 19.9 Å². The van der Waals surface area contributed by atoms with Gasteiger partial charge >= 0.3 is 75.9 Å². The number of nitrogens with zero attached hydrogens (tertiary/aromatic N) is 4. The topological polar surface area (TPSA) is 206 Å². The Morgan fingerprint density at radius 1 is 0.400 bits per heavy atom. The van der Waals surface area contributed by atoms with E-state index in [0.29, 0.717) is 0 Å². The van der Waals surface area contributed by atoms with Gasteiger partial charge in [0.2, 0.25) is 0 Å². The van der Waals surface area contributed by atoms with E-state index < -0.39 is 27.2 Å². The summed E-state index contributed by atoms with van der Waals surface area (Å²) in [6.07, 6.45) is 14.0. The maximum Gasteiger partial charge on any atom is 0.0267 e. The van der Waals surface area contributed by atoms with E-state index in [-0.39, 0.29) is 16.8 Å². The third kappa shape index (κ3) is 59.2. The summed E-state index contributed by atoms with van der Waals surface area (Å²) >= 11 is -11.0. The molecule has 0 saturated heterocycles. The molecule has 0 aliphatic rings. The Morgan fingerprint density at radius 2 is 0.514 bits per heavy atom. The van der Waals surface area contributed by atoms with Crippen molar-refractivity contribution in [3.8, 4) is 0 Å². The molecule has 4 aromatic heterocycles. The minimum absolute atomic E-state index is 0. The van der Waals surface area contributed by atoms with E-state index in [0.717, 1.165) is 0 Å². The van der Waals surface area contributed by atoms with E-state index in [1.165, 1.54) is 0 Å². The first kappa shape index (κ1) is 36.8. The zero-order valence-electron chi connectivity index (χ0n) is 17.8. The van der Waals surface area contributed by atoms with Crippen molar-refractivity contribution in [3.05, 3.63) is 122 Å². The largest absolute Gasteiger partial charge is 0.265 e. The Morgan fingerprint density at radius 3 is 0.543 bits per heavy atom. The van der Waals surface area contributed by atoms with Gasteiger partial charge in [0.1, 0.15) is 0 Å². The van der Waals surface area contributed by atoms with Crippen molar-refractivity contribution >= 4 is 0 Å².